The summed E-state index contributed by atoms with van der Waals surface area (Å²) in [5, 5.41) is 11.4. The van der Waals surface area contributed by atoms with Gasteiger partial charge >= 0.3 is 0 Å². The molecule has 0 radical (unpaired) electrons. The molecule has 2 atom stereocenters. The number of halogens is 2. The Hall–Kier alpha value is -2.72. The second-order valence-electron chi connectivity index (χ2n) is 10.1. The third kappa shape index (κ3) is 4.93. The molecule has 10 heteroatoms. The van der Waals surface area contributed by atoms with Gasteiger partial charge in [-0.3, -0.25) is 0 Å². The van der Waals surface area contributed by atoms with E-state index >= 15 is 0 Å². The largest absolute Gasteiger partial charge is 0.360 e. The molecule has 3 rings (SSSR count). The Morgan fingerprint density at radius 2 is 1.94 bits per heavy atom. The van der Waals surface area contributed by atoms with Gasteiger partial charge in [-0.2, -0.15) is 14.5 Å². The monoisotopic (exact) mass is 520 g/mol. The minimum Gasteiger partial charge on any atom is -0.360 e. The van der Waals surface area contributed by atoms with Crippen molar-refractivity contribution in [2.24, 2.45) is 27.0 Å². The van der Waals surface area contributed by atoms with Gasteiger partial charge < -0.3 is 4.52 Å². The zero-order valence-electron chi connectivity index (χ0n) is 21.7. The molecule has 2 unspecified atom stereocenters. The molecule has 0 spiro atoms. The predicted molar refractivity (Wildman–Crippen MR) is 135 cm³/mol. The molecule has 0 bridgehead atoms. The number of sulfonamides is 1. The summed E-state index contributed by atoms with van der Waals surface area (Å²) in [6, 6.07) is 3.64. The van der Waals surface area contributed by atoms with Crippen LogP contribution in [-0.2, 0) is 10.0 Å². The molecular formula is C26H34F2N4O3S. The molecule has 1 heterocycles. The molecule has 1 aliphatic carbocycles. The van der Waals surface area contributed by atoms with Gasteiger partial charge in [0.15, 0.2) is 5.76 Å². The maximum Gasteiger partial charge on any atom is 0.248 e. The summed E-state index contributed by atoms with van der Waals surface area (Å²) >= 11 is 0. The molecule has 0 amide bonds. The van der Waals surface area contributed by atoms with Crippen LogP contribution in [0.5, 0.6) is 0 Å². The molecule has 2 aromatic rings. The maximum absolute atomic E-state index is 14.5. The van der Waals surface area contributed by atoms with E-state index in [1.807, 2.05) is 0 Å². The SMILES string of the molecule is C=C(/C=C(\N=N/C)c1c(F)cccc1F)C1CCC(C)(CN(CC)S(=O)(=O)c2cnoc2C)C1(C)C. The zero-order valence-corrected chi connectivity index (χ0v) is 22.5. The quantitative estimate of drug-likeness (QED) is 0.283. The lowest BCUT2D eigenvalue weighted by atomic mass is 9.64. The number of allylic oxidation sites excluding steroid dienone is 2. The lowest BCUT2D eigenvalue weighted by Crippen LogP contribution is -2.46. The third-order valence-corrected chi connectivity index (χ3v) is 9.83. The number of hydrogen-bond acceptors (Lipinski definition) is 6. The van der Waals surface area contributed by atoms with Gasteiger partial charge in [0, 0.05) is 20.1 Å². The number of azo groups is 1. The molecule has 1 aliphatic rings. The smallest absolute Gasteiger partial charge is 0.248 e. The second kappa shape index (κ2) is 10.3. The van der Waals surface area contributed by atoms with Gasteiger partial charge in [0.05, 0.1) is 17.5 Å². The number of hydrogen-bond donors (Lipinski definition) is 0. The minimum absolute atomic E-state index is 0.0585. The van der Waals surface area contributed by atoms with Crippen LogP contribution in [0, 0.1) is 35.3 Å². The molecule has 1 fully saturated rings. The van der Waals surface area contributed by atoms with E-state index in [4.69, 9.17) is 4.52 Å². The van der Waals surface area contributed by atoms with Gasteiger partial charge in [0.1, 0.15) is 16.5 Å². The van der Waals surface area contributed by atoms with Crippen molar-refractivity contribution in [1.82, 2.24) is 9.46 Å². The van der Waals surface area contributed by atoms with Crippen molar-refractivity contribution in [1.29, 1.82) is 0 Å². The maximum atomic E-state index is 14.5. The number of rotatable bonds is 9. The molecule has 0 saturated heterocycles. The molecule has 196 valence electrons. The number of aryl methyl sites for hydroxylation is 1. The average molecular weight is 521 g/mol. The van der Waals surface area contributed by atoms with Crippen LogP contribution < -0.4 is 0 Å². The number of benzene rings is 1. The van der Waals surface area contributed by atoms with E-state index in [2.05, 4.69) is 42.7 Å². The molecule has 36 heavy (non-hydrogen) atoms. The molecule has 7 nitrogen and oxygen atoms in total. The highest BCUT2D eigenvalue weighted by Gasteiger charge is 2.53. The zero-order chi connectivity index (χ0) is 26.9. The van der Waals surface area contributed by atoms with Gasteiger partial charge in [0.2, 0.25) is 10.0 Å². The summed E-state index contributed by atoms with van der Waals surface area (Å²) in [5.74, 6) is -1.29. The Morgan fingerprint density at radius 3 is 2.47 bits per heavy atom. The van der Waals surface area contributed by atoms with E-state index in [0.29, 0.717) is 12.1 Å². The third-order valence-electron chi connectivity index (χ3n) is 7.81. The summed E-state index contributed by atoms with van der Waals surface area (Å²) in [7, 11) is -2.36. The summed E-state index contributed by atoms with van der Waals surface area (Å²) < 4.78 is 62.1. The Kier molecular flexibility index (Phi) is 8.00. The fraction of sp³-hybridized carbons (Fsp3) is 0.500. The topological polar surface area (TPSA) is 88.1 Å². The number of aromatic nitrogens is 1. The van der Waals surface area contributed by atoms with Crippen LogP contribution >= 0.6 is 0 Å². The van der Waals surface area contributed by atoms with Crippen molar-refractivity contribution >= 4 is 15.7 Å². The summed E-state index contributed by atoms with van der Waals surface area (Å²) in [6.45, 7) is 14.4. The van der Waals surface area contributed by atoms with Crippen LogP contribution in [-0.4, -0.2) is 38.0 Å². The molecular weight excluding hydrogens is 486 g/mol. The van der Waals surface area contributed by atoms with E-state index in [0.717, 1.165) is 12.8 Å². The van der Waals surface area contributed by atoms with Gasteiger partial charge in [-0.1, -0.05) is 45.5 Å². The van der Waals surface area contributed by atoms with Crippen molar-refractivity contribution in [2.75, 3.05) is 20.1 Å². The van der Waals surface area contributed by atoms with Crippen LogP contribution in [0.3, 0.4) is 0 Å². The lowest BCUT2D eigenvalue weighted by Gasteiger charge is -2.44. The Morgan fingerprint density at radius 1 is 1.31 bits per heavy atom. The van der Waals surface area contributed by atoms with Crippen LogP contribution in [0.25, 0.3) is 5.70 Å². The van der Waals surface area contributed by atoms with E-state index in [1.54, 1.807) is 19.9 Å². The fourth-order valence-corrected chi connectivity index (χ4v) is 6.86. The predicted octanol–water partition coefficient (Wildman–Crippen LogP) is 6.39. The van der Waals surface area contributed by atoms with Gasteiger partial charge in [-0.25, -0.2) is 17.2 Å². The van der Waals surface area contributed by atoms with Crippen LogP contribution in [0.1, 0.15) is 51.9 Å². The van der Waals surface area contributed by atoms with Crippen LogP contribution in [0.4, 0.5) is 8.78 Å². The van der Waals surface area contributed by atoms with Crippen molar-refractivity contribution in [3.8, 4) is 0 Å². The molecule has 1 saturated carbocycles. The van der Waals surface area contributed by atoms with E-state index in [1.165, 1.54) is 35.7 Å². The van der Waals surface area contributed by atoms with Gasteiger partial charge in [-0.05, 0) is 60.3 Å². The van der Waals surface area contributed by atoms with E-state index < -0.39 is 32.5 Å². The Balaban J connectivity index is 1.93. The van der Waals surface area contributed by atoms with Crippen molar-refractivity contribution in [3.05, 3.63) is 65.6 Å². The first-order valence-corrected chi connectivity index (χ1v) is 13.3. The summed E-state index contributed by atoms with van der Waals surface area (Å²) in [4.78, 5) is 0.0640. The van der Waals surface area contributed by atoms with Gasteiger partial charge in [-0.15, -0.1) is 0 Å². The fourth-order valence-electron chi connectivity index (χ4n) is 5.21. The second-order valence-corrected chi connectivity index (χ2v) is 12.0. The Labute approximate surface area is 212 Å². The van der Waals surface area contributed by atoms with Gasteiger partial charge in [0.25, 0.3) is 0 Å². The van der Waals surface area contributed by atoms with Crippen molar-refractivity contribution < 1.29 is 21.7 Å². The normalized spacial score (nSPS) is 22.6. The molecule has 0 aliphatic heterocycles. The van der Waals surface area contributed by atoms with Crippen LogP contribution in [0.15, 0.2) is 62.3 Å². The molecule has 1 aromatic heterocycles. The Bertz CT molecular complexity index is 1280. The first-order chi connectivity index (χ1) is 16.8. The minimum atomic E-state index is -3.79. The first-order valence-electron chi connectivity index (χ1n) is 11.9. The highest BCUT2D eigenvalue weighted by atomic mass is 32.2. The van der Waals surface area contributed by atoms with Crippen molar-refractivity contribution in [3.63, 3.8) is 0 Å². The lowest BCUT2D eigenvalue weighted by molar-refractivity contribution is 0.0803. The average Bonchev–Trinajstić information content (AvgIpc) is 3.33. The number of nitrogens with zero attached hydrogens (tertiary/aromatic N) is 4. The highest BCUT2D eigenvalue weighted by Crippen LogP contribution is 2.58. The first kappa shape index (κ1) is 27.9. The van der Waals surface area contributed by atoms with Crippen molar-refractivity contribution in [2.45, 2.75) is 52.4 Å². The molecule has 0 N–H and O–H groups in total. The van der Waals surface area contributed by atoms with E-state index in [9.17, 15) is 17.2 Å². The van der Waals surface area contributed by atoms with E-state index in [-0.39, 0.29) is 34.4 Å². The van der Waals surface area contributed by atoms with Crippen LogP contribution in [0.2, 0.25) is 0 Å². The summed E-state index contributed by atoms with van der Waals surface area (Å²) in [5.41, 5.74) is -0.332. The highest BCUT2D eigenvalue weighted by molar-refractivity contribution is 7.89. The molecule has 1 aromatic carbocycles. The summed E-state index contributed by atoms with van der Waals surface area (Å²) in [6.07, 6.45) is 4.29. The standard InChI is InChI=1S/C26H34F2N4O3S/c1-8-32(36(33,34)23-15-30-35-18(23)3)16-26(6)13-12-19(25(26,4)5)17(2)14-22(31-29-7)24-20(27)10-9-11-21(24)28/h9-11,14-15,19H,2,8,12-13,16H2,1,3-7H3/b22-14-,31-29-.